The van der Waals surface area contributed by atoms with Crippen LogP contribution in [0.3, 0.4) is 0 Å². The van der Waals surface area contributed by atoms with Crippen LogP contribution >= 0.6 is 0 Å². The van der Waals surface area contributed by atoms with Crippen molar-refractivity contribution in [3.63, 3.8) is 0 Å². The van der Waals surface area contributed by atoms with Gasteiger partial charge in [0.05, 0.1) is 0 Å². The summed E-state index contributed by atoms with van der Waals surface area (Å²) >= 11 is 0. The van der Waals surface area contributed by atoms with Gasteiger partial charge in [0, 0.05) is 5.54 Å². The van der Waals surface area contributed by atoms with Gasteiger partial charge in [0.25, 0.3) is 0 Å². The lowest BCUT2D eigenvalue weighted by Gasteiger charge is -2.54. The van der Waals surface area contributed by atoms with Crippen LogP contribution in [0.4, 0.5) is 0 Å². The van der Waals surface area contributed by atoms with Crippen LogP contribution in [0.25, 0.3) is 0 Å². The molecule has 1 spiro atoms. The van der Waals surface area contributed by atoms with Crippen LogP contribution in [0.2, 0.25) is 0 Å². The highest BCUT2D eigenvalue weighted by Crippen LogP contribution is 2.41. The molecular weight excluding hydrogens is 264 g/mol. The van der Waals surface area contributed by atoms with Gasteiger partial charge in [-0.1, -0.05) is 38.5 Å². The summed E-state index contributed by atoms with van der Waals surface area (Å²) in [5.74, 6) is 0.238. The summed E-state index contributed by atoms with van der Waals surface area (Å²) in [4.78, 5) is 27.7. The van der Waals surface area contributed by atoms with Gasteiger partial charge in [0.15, 0.2) is 0 Å². The number of nitrogens with one attached hydrogen (secondary N) is 1. The van der Waals surface area contributed by atoms with Crippen molar-refractivity contribution in [2.45, 2.75) is 95.2 Å². The maximum Gasteiger partial charge on any atom is 0.249 e. The number of piperazine rings is 1. The third-order valence-corrected chi connectivity index (χ3v) is 5.98. The fraction of sp³-hybridized carbons (Fsp3) is 0.882. The highest BCUT2D eigenvalue weighted by Gasteiger charge is 2.54. The van der Waals surface area contributed by atoms with E-state index in [-0.39, 0.29) is 23.4 Å². The Hall–Kier alpha value is -1.06. The first-order valence-electron chi connectivity index (χ1n) is 8.64. The summed E-state index contributed by atoms with van der Waals surface area (Å²) in [6.07, 6.45) is 10.6. The van der Waals surface area contributed by atoms with Crippen LogP contribution in [-0.4, -0.2) is 33.8 Å². The Morgan fingerprint density at radius 1 is 0.952 bits per heavy atom. The van der Waals surface area contributed by atoms with E-state index < -0.39 is 5.54 Å². The highest BCUT2D eigenvalue weighted by atomic mass is 16.2. The molecule has 1 atom stereocenters. The molecule has 3 rings (SSSR count). The molecule has 1 unspecified atom stereocenters. The lowest BCUT2D eigenvalue weighted by molar-refractivity contribution is -0.165. The van der Waals surface area contributed by atoms with Gasteiger partial charge in [0.1, 0.15) is 11.6 Å². The van der Waals surface area contributed by atoms with E-state index in [9.17, 15) is 9.59 Å². The van der Waals surface area contributed by atoms with E-state index in [0.717, 1.165) is 38.5 Å². The SMILES string of the molecule is CC1C(=O)NC2(CCCCC2)C(=O)N1C1(C)CCCCC1. The van der Waals surface area contributed by atoms with Crippen molar-refractivity contribution in [1.82, 2.24) is 10.2 Å². The lowest BCUT2D eigenvalue weighted by atomic mass is 9.74. The molecule has 2 amide bonds. The molecule has 118 valence electrons. The molecule has 1 saturated heterocycles. The van der Waals surface area contributed by atoms with Gasteiger partial charge in [-0.2, -0.15) is 0 Å². The van der Waals surface area contributed by atoms with Crippen LogP contribution in [0.1, 0.15) is 78.1 Å². The summed E-state index contributed by atoms with van der Waals surface area (Å²) in [5.41, 5.74) is -0.723. The zero-order valence-electron chi connectivity index (χ0n) is 13.4. The number of amides is 2. The van der Waals surface area contributed by atoms with Crippen molar-refractivity contribution in [2.75, 3.05) is 0 Å². The summed E-state index contributed by atoms with van der Waals surface area (Å²) in [6, 6.07) is -0.326. The van der Waals surface area contributed by atoms with Crippen LogP contribution in [0.5, 0.6) is 0 Å². The quantitative estimate of drug-likeness (QED) is 0.808. The second kappa shape index (κ2) is 5.29. The van der Waals surface area contributed by atoms with Gasteiger partial charge in [-0.3, -0.25) is 9.59 Å². The standard InChI is InChI=1S/C17H28N2O2/c1-13-14(20)18-17(11-7-4-8-12-17)15(21)19(13)16(2)9-5-3-6-10-16/h13H,3-12H2,1-2H3,(H,18,20). The molecule has 4 heteroatoms. The Kier molecular flexibility index (Phi) is 3.74. The Morgan fingerprint density at radius 2 is 1.48 bits per heavy atom. The number of carbonyl (C=O) groups excluding carboxylic acids is 2. The third-order valence-electron chi connectivity index (χ3n) is 5.98. The molecule has 0 aromatic heterocycles. The number of rotatable bonds is 1. The maximum atomic E-state index is 13.3. The Bertz CT molecular complexity index is 434. The Morgan fingerprint density at radius 3 is 2.05 bits per heavy atom. The molecule has 0 radical (unpaired) electrons. The van der Waals surface area contributed by atoms with E-state index in [1.165, 1.54) is 25.7 Å². The average molecular weight is 292 g/mol. The predicted octanol–water partition coefficient (Wildman–Crippen LogP) is 2.76. The molecule has 3 aliphatic rings. The number of hydrogen-bond acceptors (Lipinski definition) is 2. The van der Waals surface area contributed by atoms with Crippen molar-refractivity contribution in [3.8, 4) is 0 Å². The van der Waals surface area contributed by atoms with Crippen molar-refractivity contribution >= 4 is 11.8 Å². The summed E-state index contributed by atoms with van der Waals surface area (Å²) < 4.78 is 0. The first-order valence-corrected chi connectivity index (χ1v) is 8.64. The van der Waals surface area contributed by atoms with Crippen molar-refractivity contribution < 1.29 is 9.59 Å². The van der Waals surface area contributed by atoms with Crippen molar-refractivity contribution in [2.24, 2.45) is 0 Å². The first-order chi connectivity index (χ1) is 9.99. The van der Waals surface area contributed by atoms with Gasteiger partial charge in [-0.25, -0.2) is 0 Å². The van der Waals surface area contributed by atoms with Gasteiger partial charge in [0.2, 0.25) is 11.8 Å². The molecular formula is C17H28N2O2. The average Bonchev–Trinajstić information content (AvgIpc) is 2.47. The van der Waals surface area contributed by atoms with E-state index in [1.807, 2.05) is 11.8 Å². The topological polar surface area (TPSA) is 49.4 Å². The molecule has 1 heterocycles. The van der Waals surface area contributed by atoms with Crippen LogP contribution < -0.4 is 5.32 Å². The first kappa shape index (κ1) is 14.9. The minimum Gasteiger partial charge on any atom is -0.340 e. The molecule has 1 aliphatic heterocycles. The normalized spacial score (nSPS) is 32.1. The third kappa shape index (κ3) is 2.36. The number of nitrogens with zero attached hydrogens (tertiary/aromatic N) is 1. The van der Waals surface area contributed by atoms with Gasteiger partial charge >= 0.3 is 0 Å². The monoisotopic (exact) mass is 292 g/mol. The summed E-state index contributed by atoms with van der Waals surface area (Å²) in [7, 11) is 0. The van der Waals surface area contributed by atoms with Crippen LogP contribution in [0.15, 0.2) is 0 Å². The molecule has 1 N–H and O–H groups in total. The lowest BCUT2D eigenvalue weighted by Crippen LogP contribution is -2.74. The van der Waals surface area contributed by atoms with Gasteiger partial charge < -0.3 is 10.2 Å². The van der Waals surface area contributed by atoms with E-state index in [1.54, 1.807) is 0 Å². The predicted molar refractivity (Wildman–Crippen MR) is 81.8 cm³/mol. The maximum absolute atomic E-state index is 13.3. The van der Waals surface area contributed by atoms with Crippen LogP contribution in [-0.2, 0) is 9.59 Å². The second-order valence-corrected chi connectivity index (χ2v) is 7.54. The van der Waals surface area contributed by atoms with Gasteiger partial charge in [-0.05, 0) is 39.5 Å². The zero-order chi connectivity index (χ0) is 15.1. The smallest absolute Gasteiger partial charge is 0.249 e. The van der Waals surface area contributed by atoms with E-state index in [0.29, 0.717) is 0 Å². The van der Waals surface area contributed by atoms with Crippen LogP contribution in [0, 0.1) is 0 Å². The molecule has 21 heavy (non-hydrogen) atoms. The van der Waals surface area contributed by atoms with Crippen molar-refractivity contribution in [1.29, 1.82) is 0 Å². The van der Waals surface area contributed by atoms with Crippen molar-refractivity contribution in [3.05, 3.63) is 0 Å². The fourth-order valence-electron chi connectivity index (χ4n) is 4.68. The van der Waals surface area contributed by atoms with E-state index >= 15 is 0 Å². The largest absolute Gasteiger partial charge is 0.340 e. The van der Waals surface area contributed by atoms with E-state index in [4.69, 9.17) is 0 Å². The minimum atomic E-state index is -0.595. The van der Waals surface area contributed by atoms with Gasteiger partial charge in [-0.15, -0.1) is 0 Å². The number of hydrogen-bond donors (Lipinski definition) is 1. The van der Waals surface area contributed by atoms with E-state index in [2.05, 4.69) is 12.2 Å². The minimum absolute atomic E-state index is 0.0447. The molecule has 0 aromatic carbocycles. The molecule has 4 nitrogen and oxygen atoms in total. The Balaban J connectivity index is 1.93. The second-order valence-electron chi connectivity index (χ2n) is 7.54. The fourth-order valence-corrected chi connectivity index (χ4v) is 4.68. The highest BCUT2D eigenvalue weighted by molar-refractivity contribution is 6.00. The molecule has 2 aliphatic carbocycles. The number of carbonyl (C=O) groups is 2. The molecule has 2 saturated carbocycles. The Labute approximate surface area is 127 Å². The molecule has 0 bridgehead atoms. The summed E-state index contributed by atoms with van der Waals surface area (Å²) in [5, 5.41) is 3.09. The summed E-state index contributed by atoms with van der Waals surface area (Å²) in [6.45, 7) is 4.08. The molecule has 0 aromatic rings. The zero-order valence-corrected chi connectivity index (χ0v) is 13.4. The molecule has 3 fully saturated rings.